The second-order valence-corrected chi connectivity index (χ2v) is 4.63. The summed E-state index contributed by atoms with van der Waals surface area (Å²) in [6, 6.07) is 9.91. The molecule has 1 atom stereocenters. The van der Waals surface area contributed by atoms with Crippen LogP contribution in [-0.2, 0) is 0 Å². The highest BCUT2D eigenvalue weighted by Gasteiger charge is 2.07. The van der Waals surface area contributed by atoms with E-state index in [1.807, 2.05) is 37.3 Å². The highest BCUT2D eigenvalue weighted by Crippen LogP contribution is 2.29. The number of nitrogens with one attached hydrogen (secondary N) is 1. The van der Waals surface area contributed by atoms with Gasteiger partial charge in [-0.3, -0.25) is 4.98 Å². The Hall–Kier alpha value is -1.74. The summed E-state index contributed by atoms with van der Waals surface area (Å²) >= 11 is 6.16. The Balaban J connectivity index is 2.09. The van der Waals surface area contributed by atoms with Gasteiger partial charge in [0, 0.05) is 24.1 Å². The molecule has 1 aromatic heterocycles. The molecule has 100 valence electrons. The van der Waals surface area contributed by atoms with Crippen molar-refractivity contribution in [1.82, 2.24) is 4.98 Å². The maximum Gasteiger partial charge on any atom is 0.138 e. The Bertz CT molecular complexity index is 531. The third-order valence-electron chi connectivity index (χ3n) is 2.82. The minimum atomic E-state index is 0.192. The number of rotatable bonds is 5. The Morgan fingerprint density at radius 2 is 2.00 bits per heavy atom. The van der Waals surface area contributed by atoms with E-state index in [2.05, 4.69) is 17.2 Å². The molecule has 0 aliphatic heterocycles. The fraction of sp³-hybridized carbons (Fsp3) is 0.267. The van der Waals surface area contributed by atoms with Crippen LogP contribution in [0, 0.1) is 0 Å². The molecule has 3 nitrogen and oxygen atoms in total. The molecule has 1 unspecified atom stereocenters. The first-order valence-electron chi connectivity index (χ1n) is 6.29. The quantitative estimate of drug-likeness (QED) is 0.884. The van der Waals surface area contributed by atoms with E-state index in [1.165, 1.54) is 5.56 Å². The Morgan fingerprint density at radius 1 is 1.26 bits per heavy atom. The van der Waals surface area contributed by atoms with Gasteiger partial charge in [-0.1, -0.05) is 11.6 Å². The number of benzene rings is 1. The number of hydrogen-bond acceptors (Lipinski definition) is 3. The van der Waals surface area contributed by atoms with Crippen LogP contribution < -0.4 is 10.1 Å². The summed E-state index contributed by atoms with van der Waals surface area (Å²) in [5, 5.41) is 4.02. The van der Waals surface area contributed by atoms with Gasteiger partial charge in [-0.2, -0.15) is 0 Å². The minimum Gasteiger partial charge on any atom is -0.492 e. The second kappa shape index (κ2) is 6.43. The standard InChI is InChI=1S/C15H17ClN2O/c1-3-19-15-5-4-13(10-14(15)16)18-11(2)12-6-8-17-9-7-12/h4-11,18H,3H2,1-2H3. The van der Waals surface area contributed by atoms with Crippen molar-refractivity contribution in [2.75, 3.05) is 11.9 Å². The van der Waals surface area contributed by atoms with E-state index in [-0.39, 0.29) is 6.04 Å². The number of halogens is 1. The van der Waals surface area contributed by atoms with E-state index >= 15 is 0 Å². The molecule has 0 radical (unpaired) electrons. The van der Waals surface area contributed by atoms with Gasteiger partial charge < -0.3 is 10.1 Å². The van der Waals surface area contributed by atoms with Crippen LogP contribution in [0.25, 0.3) is 0 Å². The van der Waals surface area contributed by atoms with Crippen molar-refractivity contribution >= 4 is 17.3 Å². The highest BCUT2D eigenvalue weighted by atomic mass is 35.5. The molecule has 2 aromatic rings. The molecule has 0 amide bonds. The summed E-state index contributed by atoms with van der Waals surface area (Å²) in [5.74, 6) is 0.714. The van der Waals surface area contributed by atoms with Crippen LogP contribution in [0.5, 0.6) is 5.75 Å². The van der Waals surface area contributed by atoms with Crippen molar-refractivity contribution in [3.63, 3.8) is 0 Å². The van der Waals surface area contributed by atoms with E-state index in [0.29, 0.717) is 17.4 Å². The van der Waals surface area contributed by atoms with Crippen molar-refractivity contribution in [3.8, 4) is 5.75 Å². The van der Waals surface area contributed by atoms with Crippen LogP contribution in [-0.4, -0.2) is 11.6 Å². The molecule has 0 bridgehead atoms. The highest BCUT2D eigenvalue weighted by molar-refractivity contribution is 6.32. The van der Waals surface area contributed by atoms with Gasteiger partial charge in [-0.25, -0.2) is 0 Å². The van der Waals surface area contributed by atoms with Gasteiger partial charge in [0.25, 0.3) is 0 Å². The molecule has 1 N–H and O–H groups in total. The molecule has 0 aliphatic rings. The monoisotopic (exact) mass is 276 g/mol. The van der Waals surface area contributed by atoms with Gasteiger partial charge in [-0.05, 0) is 49.7 Å². The molecule has 0 aliphatic carbocycles. The second-order valence-electron chi connectivity index (χ2n) is 4.22. The van der Waals surface area contributed by atoms with E-state index in [9.17, 15) is 0 Å². The molecule has 2 rings (SSSR count). The van der Waals surface area contributed by atoms with Crippen LogP contribution in [0.4, 0.5) is 5.69 Å². The van der Waals surface area contributed by atoms with E-state index < -0.39 is 0 Å². The van der Waals surface area contributed by atoms with Crippen molar-refractivity contribution < 1.29 is 4.74 Å². The van der Waals surface area contributed by atoms with Gasteiger partial charge in [0.2, 0.25) is 0 Å². The average molecular weight is 277 g/mol. The molecule has 0 spiro atoms. The molecule has 1 heterocycles. The molecule has 0 fully saturated rings. The lowest BCUT2D eigenvalue weighted by molar-refractivity contribution is 0.340. The smallest absolute Gasteiger partial charge is 0.138 e. The fourth-order valence-corrected chi connectivity index (χ4v) is 2.08. The summed E-state index contributed by atoms with van der Waals surface area (Å²) in [6.45, 7) is 4.65. The number of hydrogen-bond donors (Lipinski definition) is 1. The van der Waals surface area contributed by atoms with Gasteiger partial charge in [0.05, 0.1) is 11.6 Å². The van der Waals surface area contributed by atoms with Crippen LogP contribution in [0.15, 0.2) is 42.7 Å². The Kier molecular flexibility index (Phi) is 4.63. The zero-order valence-corrected chi connectivity index (χ0v) is 11.8. The molecule has 1 aromatic carbocycles. The molecular formula is C15H17ClN2O. The van der Waals surface area contributed by atoms with Crippen LogP contribution in [0.3, 0.4) is 0 Å². The number of ether oxygens (including phenoxy) is 1. The third-order valence-corrected chi connectivity index (χ3v) is 3.12. The van der Waals surface area contributed by atoms with Gasteiger partial charge in [0.1, 0.15) is 5.75 Å². The van der Waals surface area contributed by atoms with Crippen molar-refractivity contribution in [2.24, 2.45) is 0 Å². The third kappa shape index (κ3) is 3.61. The van der Waals surface area contributed by atoms with Gasteiger partial charge in [-0.15, -0.1) is 0 Å². The summed E-state index contributed by atoms with van der Waals surface area (Å²) < 4.78 is 5.41. The zero-order valence-electron chi connectivity index (χ0n) is 11.1. The topological polar surface area (TPSA) is 34.1 Å². The van der Waals surface area contributed by atoms with Crippen molar-refractivity contribution in [2.45, 2.75) is 19.9 Å². The average Bonchev–Trinajstić information content (AvgIpc) is 2.43. The first kappa shape index (κ1) is 13.7. The molecular weight excluding hydrogens is 260 g/mol. The molecule has 0 saturated heterocycles. The number of anilines is 1. The van der Waals surface area contributed by atoms with Crippen molar-refractivity contribution in [3.05, 3.63) is 53.3 Å². The maximum atomic E-state index is 6.16. The molecule has 0 saturated carbocycles. The van der Waals surface area contributed by atoms with E-state index in [0.717, 1.165) is 5.69 Å². The fourth-order valence-electron chi connectivity index (χ4n) is 1.85. The SMILES string of the molecule is CCOc1ccc(NC(C)c2ccncc2)cc1Cl. The maximum absolute atomic E-state index is 6.16. The zero-order chi connectivity index (χ0) is 13.7. The lowest BCUT2D eigenvalue weighted by Gasteiger charge is -2.16. The van der Waals surface area contributed by atoms with Crippen LogP contribution >= 0.6 is 11.6 Å². The predicted molar refractivity (Wildman–Crippen MR) is 78.9 cm³/mol. The predicted octanol–water partition coefficient (Wildman–Crippen LogP) is 4.31. The normalized spacial score (nSPS) is 11.9. The Labute approximate surface area is 118 Å². The van der Waals surface area contributed by atoms with E-state index in [1.54, 1.807) is 12.4 Å². The first-order chi connectivity index (χ1) is 9.20. The number of pyridine rings is 1. The summed E-state index contributed by atoms with van der Waals surface area (Å²) in [7, 11) is 0. The van der Waals surface area contributed by atoms with Gasteiger partial charge >= 0.3 is 0 Å². The summed E-state index contributed by atoms with van der Waals surface area (Å²) in [4.78, 5) is 4.02. The Morgan fingerprint density at radius 3 is 2.63 bits per heavy atom. The molecule has 19 heavy (non-hydrogen) atoms. The number of aromatic nitrogens is 1. The first-order valence-corrected chi connectivity index (χ1v) is 6.67. The summed E-state index contributed by atoms with van der Waals surface area (Å²) in [5.41, 5.74) is 2.15. The molecule has 4 heteroatoms. The number of nitrogens with zero attached hydrogens (tertiary/aromatic N) is 1. The van der Waals surface area contributed by atoms with Crippen molar-refractivity contribution in [1.29, 1.82) is 0 Å². The minimum absolute atomic E-state index is 0.192. The van der Waals surface area contributed by atoms with E-state index in [4.69, 9.17) is 16.3 Å². The van der Waals surface area contributed by atoms with Crippen LogP contribution in [0.2, 0.25) is 5.02 Å². The lowest BCUT2D eigenvalue weighted by atomic mass is 10.1. The van der Waals surface area contributed by atoms with Gasteiger partial charge in [0.15, 0.2) is 0 Å². The lowest BCUT2D eigenvalue weighted by Crippen LogP contribution is -2.06. The van der Waals surface area contributed by atoms with Crippen LogP contribution in [0.1, 0.15) is 25.5 Å². The summed E-state index contributed by atoms with van der Waals surface area (Å²) in [6.07, 6.45) is 3.58. The largest absolute Gasteiger partial charge is 0.492 e.